The summed E-state index contributed by atoms with van der Waals surface area (Å²) in [5.74, 6) is 0.426. The van der Waals surface area contributed by atoms with E-state index in [-0.39, 0.29) is 0 Å². The average molecular weight is 235 g/mol. The number of ether oxygens (including phenoxy) is 1. The van der Waals surface area contributed by atoms with E-state index in [0.29, 0.717) is 5.92 Å². The Morgan fingerprint density at radius 3 is 2.20 bits per heavy atom. The first-order chi connectivity index (χ1) is 7.04. The number of halogens is 1. The lowest BCUT2D eigenvalue weighted by molar-refractivity contribution is 0.0308. The molecule has 0 aliphatic heterocycles. The van der Waals surface area contributed by atoms with Gasteiger partial charge in [-0.1, -0.05) is 64.0 Å². The van der Waals surface area contributed by atoms with Gasteiger partial charge in [0.15, 0.2) is 0 Å². The third-order valence-electron chi connectivity index (χ3n) is 3.27. The van der Waals surface area contributed by atoms with Gasteiger partial charge in [-0.05, 0) is 19.3 Å². The zero-order chi connectivity index (χ0) is 11.7. The first-order valence-electron chi connectivity index (χ1n) is 6.28. The van der Waals surface area contributed by atoms with Crippen LogP contribution in [0.5, 0.6) is 0 Å². The minimum absolute atomic E-state index is 0.426. The highest BCUT2D eigenvalue weighted by molar-refractivity contribution is 6.22. The fourth-order valence-electron chi connectivity index (χ4n) is 1.69. The summed E-state index contributed by atoms with van der Waals surface area (Å²) >= 11 is 6.21. The molecule has 1 nitrogen and oxygen atoms in total. The van der Waals surface area contributed by atoms with Crippen LogP contribution in [0.4, 0.5) is 0 Å². The number of hydrogen-bond acceptors (Lipinski definition) is 1. The molecule has 0 rings (SSSR count). The topological polar surface area (TPSA) is 9.23 Å². The molecule has 0 aromatic carbocycles. The van der Waals surface area contributed by atoms with Crippen LogP contribution in [0.1, 0.15) is 65.7 Å². The van der Waals surface area contributed by atoms with Gasteiger partial charge in [0.25, 0.3) is 0 Å². The minimum atomic E-state index is -0.483. The summed E-state index contributed by atoms with van der Waals surface area (Å²) < 4.78 is 5.26. The van der Waals surface area contributed by atoms with Gasteiger partial charge in [0.05, 0.1) is 0 Å². The third kappa shape index (κ3) is 7.19. The lowest BCUT2D eigenvalue weighted by atomic mass is 9.97. The molecule has 0 aromatic rings. The highest BCUT2D eigenvalue weighted by Crippen LogP contribution is 2.29. The van der Waals surface area contributed by atoms with Crippen molar-refractivity contribution >= 4 is 11.6 Å². The highest BCUT2D eigenvalue weighted by Gasteiger charge is 2.27. The van der Waals surface area contributed by atoms with Crippen LogP contribution in [0.2, 0.25) is 0 Å². The van der Waals surface area contributed by atoms with E-state index < -0.39 is 5.06 Å². The first-order valence-corrected chi connectivity index (χ1v) is 6.66. The molecular formula is C13H27ClO. The molecule has 0 heterocycles. The van der Waals surface area contributed by atoms with Crippen molar-refractivity contribution in [2.45, 2.75) is 70.8 Å². The van der Waals surface area contributed by atoms with E-state index in [9.17, 15) is 0 Å². The van der Waals surface area contributed by atoms with Crippen molar-refractivity contribution in [2.75, 3.05) is 7.11 Å². The van der Waals surface area contributed by atoms with E-state index >= 15 is 0 Å². The summed E-state index contributed by atoms with van der Waals surface area (Å²) in [7, 11) is 1.69. The van der Waals surface area contributed by atoms with Crippen molar-refractivity contribution in [2.24, 2.45) is 5.92 Å². The largest absolute Gasteiger partial charge is 0.363 e. The molecular weight excluding hydrogens is 208 g/mol. The fraction of sp³-hybridized carbons (Fsp3) is 1.00. The Balaban J connectivity index is 3.43. The maximum absolute atomic E-state index is 6.21. The summed E-state index contributed by atoms with van der Waals surface area (Å²) in [5, 5.41) is -0.483. The zero-order valence-electron chi connectivity index (χ0n) is 10.8. The molecule has 0 N–H and O–H groups in total. The van der Waals surface area contributed by atoms with Gasteiger partial charge in [-0.2, -0.15) is 0 Å². The second-order valence-corrected chi connectivity index (χ2v) is 5.40. The Kier molecular flexibility index (Phi) is 8.55. The van der Waals surface area contributed by atoms with E-state index in [2.05, 4.69) is 13.8 Å². The molecule has 0 radical (unpaired) electrons. The van der Waals surface area contributed by atoms with Crippen LogP contribution in [0, 0.1) is 5.92 Å². The predicted octanol–water partition coefficient (Wildman–Crippen LogP) is 4.97. The molecule has 2 atom stereocenters. The van der Waals surface area contributed by atoms with Gasteiger partial charge in [-0.3, -0.25) is 0 Å². The molecule has 0 bridgehead atoms. The number of unbranched alkanes of at least 4 members (excludes halogenated alkanes) is 5. The van der Waals surface area contributed by atoms with Crippen LogP contribution < -0.4 is 0 Å². The predicted molar refractivity (Wildman–Crippen MR) is 68.4 cm³/mol. The molecule has 0 aliphatic rings. The number of hydrogen-bond donors (Lipinski definition) is 0. The van der Waals surface area contributed by atoms with Crippen molar-refractivity contribution in [3.8, 4) is 0 Å². The van der Waals surface area contributed by atoms with Crippen LogP contribution >= 0.6 is 11.6 Å². The number of alkyl halides is 1. The smallest absolute Gasteiger partial charge is 0.141 e. The Hall–Kier alpha value is 0.250. The van der Waals surface area contributed by atoms with Gasteiger partial charge in [0.2, 0.25) is 0 Å². The summed E-state index contributed by atoms with van der Waals surface area (Å²) in [4.78, 5) is 0. The first kappa shape index (κ1) is 15.2. The summed E-state index contributed by atoms with van der Waals surface area (Å²) in [6.45, 7) is 6.37. The second kappa shape index (κ2) is 8.41. The maximum Gasteiger partial charge on any atom is 0.141 e. The van der Waals surface area contributed by atoms with Gasteiger partial charge in [-0.25, -0.2) is 0 Å². The Morgan fingerprint density at radius 1 is 1.13 bits per heavy atom. The molecule has 2 heteroatoms. The molecule has 0 aromatic heterocycles. The van der Waals surface area contributed by atoms with E-state index in [1.807, 2.05) is 6.92 Å². The molecule has 0 amide bonds. The normalized spacial score (nSPS) is 17.4. The van der Waals surface area contributed by atoms with Gasteiger partial charge >= 0.3 is 0 Å². The molecule has 0 aliphatic carbocycles. The number of rotatable bonds is 9. The lowest BCUT2D eigenvalue weighted by Gasteiger charge is -2.27. The molecule has 0 spiro atoms. The fourth-order valence-corrected chi connectivity index (χ4v) is 1.80. The minimum Gasteiger partial charge on any atom is -0.363 e. The molecule has 2 unspecified atom stereocenters. The zero-order valence-corrected chi connectivity index (χ0v) is 11.6. The van der Waals surface area contributed by atoms with Crippen molar-refractivity contribution in [3.05, 3.63) is 0 Å². The van der Waals surface area contributed by atoms with Gasteiger partial charge in [0, 0.05) is 7.11 Å². The van der Waals surface area contributed by atoms with Gasteiger partial charge in [-0.15, -0.1) is 0 Å². The monoisotopic (exact) mass is 234 g/mol. The van der Waals surface area contributed by atoms with Crippen LogP contribution in [0.25, 0.3) is 0 Å². The van der Waals surface area contributed by atoms with Gasteiger partial charge in [0.1, 0.15) is 5.06 Å². The molecule has 0 saturated carbocycles. The number of methoxy groups -OCH3 is 1. The van der Waals surface area contributed by atoms with Crippen molar-refractivity contribution in [3.63, 3.8) is 0 Å². The van der Waals surface area contributed by atoms with Crippen LogP contribution in [0.15, 0.2) is 0 Å². The van der Waals surface area contributed by atoms with E-state index in [1.165, 1.54) is 44.9 Å². The van der Waals surface area contributed by atoms with Crippen molar-refractivity contribution < 1.29 is 4.74 Å². The third-order valence-corrected chi connectivity index (χ3v) is 3.80. The average Bonchev–Trinajstić information content (AvgIpc) is 2.22. The molecule has 0 fully saturated rings. The quantitative estimate of drug-likeness (QED) is 0.404. The molecule has 15 heavy (non-hydrogen) atoms. The van der Waals surface area contributed by atoms with E-state index in [1.54, 1.807) is 7.11 Å². The van der Waals surface area contributed by atoms with E-state index in [0.717, 1.165) is 0 Å². The van der Waals surface area contributed by atoms with Crippen LogP contribution in [0.3, 0.4) is 0 Å². The standard InChI is InChI=1S/C13H27ClO/c1-5-6-7-8-9-10-11-12(2)13(3,14)15-4/h12H,5-11H2,1-4H3. The Labute approximate surface area is 101 Å². The maximum atomic E-state index is 6.21. The molecule has 0 saturated heterocycles. The highest BCUT2D eigenvalue weighted by atomic mass is 35.5. The SMILES string of the molecule is CCCCCCCCC(C)C(C)(Cl)OC. The van der Waals surface area contributed by atoms with Crippen LogP contribution in [-0.2, 0) is 4.74 Å². The van der Waals surface area contributed by atoms with Crippen LogP contribution in [-0.4, -0.2) is 12.2 Å². The summed E-state index contributed by atoms with van der Waals surface area (Å²) in [5.41, 5.74) is 0. The van der Waals surface area contributed by atoms with Crippen molar-refractivity contribution in [1.82, 2.24) is 0 Å². The summed E-state index contributed by atoms with van der Waals surface area (Å²) in [6.07, 6.45) is 9.22. The summed E-state index contributed by atoms with van der Waals surface area (Å²) in [6, 6.07) is 0. The second-order valence-electron chi connectivity index (χ2n) is 4.65. The lowest BCUT2D eigenvalue weighted by Crippen LogP contribution is -2.28. The molecule has 92 valence electrons. The van der Waals surface area contributed by atoms with Crippen molar-refractivity contribution in [1.29, 1.82) is 0 Å². The Morgan fingerprint density at radius 2 is 1.67 bits per heavy atom. The Bertz CT molecular complexity index is 145. The van der Waals surface area contributed by atoms with E-state index in [4.69, 9.17) is 16.3 Å². The van der Waals surface area contributed by atoms with Gasteiger partial charge < -0.3 is 4.74 Å².